The summed E-state index contributed by atoms with van der Waals surface area (Å²) in [5.74, 6) is 1.67. The molecule has 7 nitrogen and oxygen atoms in total. The van der Waals surface area contributed by atoms with Crippen molar-refractivity contribution in [3.63, 3.8) is 0 Å². The third-order valence-electron chi connectivity index (χ3n) is 4.25. The predicted octanol–water partition coefficient (Wildman–Crippen LogP) is 2.12. The van der Waals surface area contributed by atoms with E-state index >= 15 is 0 Å². The average molecular weight is 351 g/mol. The van der Waals surface area contributed by atoms with Gasteiger partial charge in [-0.05, 0) is 36.2 Å². The minimum Gasteiger partial charge on any atom is -0.497 e. The molecule has 128 valence electrons. The van der Waals surface area contributed by atoms with Crippen LogP contribution in [0.4, 0.5) is 0 Å². The van der Waals surface area contributed by atoms with Crippen molar-refractivity contribution in [3.05, 3.63) is 34.9 Å². The summed E-state index contributed by atoms with van der Waals surface area (Å²) in [4.78, 5) is 18.3. The van der Waals surface area contributed by atoms with Crippen molar-refractivity contribution < 1.29 is 14.3 Å². The summed E-state index contributed by atoms with van der Waals surface area (Å²) in [6, 6.07) is 5.71. The van der Waals surface area contributed by atoms with Gasteiger partial charge in [-0.15, -0.1) is 5.10 Å². The first kappa shape index (κ1) is 16.6. The van der Waals surface area contributed by atoms with E-state index in [1.807, 2.05) is 18.2 Å². The second-order valence-electron chi connectivity index (χ2n) is 5.67. The summed E-state index contributed by atoms with van der Waals surface area (Å²) in [5.41, 5.74) is 1.04. The number of hydrogen-bond acceptors (Lipinski definition) is 5. The van der Waals surface area contributed by atoms with Crippen molar-refractivity contribution >= 4 is 17.5 Å². The number of benzene rings is 1. The van der Waals surface area contributed by atoms with Gasteiger partial charge in [0.05, 0.1) is 14.2 Å². The molecule has 24 heavy (non-hydrogen) atoms. The molecule has 1 amide bonds. The van der Waals surface area contributed by atoms with E-state index in [0.29, 0.717) is 13.1 Å². The number of methoxy groups -OCH3 is 2. The van der Waals surface area contributed by atoms with Gasteiger partial charge >= 0.3 is 0 Å². The zero-order valence-electron chi connectivity index (χ0n) is 13.8. The Bertz CT molecular complexity index is 742. The number of hydrogen-bond donors (Lipinski definition) is 0. The largest absolute Gasteiger partial charge is 0.497 e. The highest BCUT2D eigenvalue weighted by Crippen LogP contribution is 2.36. The van der Waals surface area contributed by atoms with E-state index in [1.165, 1.54) is 4.68 Å². The topological polar surface area (TPSA) is 69.5 Å². The lowest BCUT2D eigenvalue weighted by Gasteiger charge is -2.17. The first-order valence-electron chi connectivity index (χ1n) is 7.61. The number of halogens is 1. The van der Waals surface area contributed by atoms with Crippen LogP contribution in [0.1, 0.15) is 28.5 Å². The number of aryl methyl sites for hydroxylation is 1. The molecule has 1 aliphatic rings. The standard InChI is InChI=1S/C16H19ClN4O3/c1-20-16(17)18-14(19-20)15(22)21-7-6-10(9-21)12-8-11(23-2)4-5-13(12)24-3/h4-5,8,10H,6-7,9H2,1-3H3. The van der Waals surface area contributed by atoms with Crippen molar-refractivity contribution in [2.45, 2.75) is 12.3 Å². The van der Waals surface area contributed by atoms with Gasteiger partial charge in [-0.1, -0.05) is 0 Å². The monoisotopic (exact) mass is 350 g/mol. The molecule has 0 radical (unpaired) electrons. The van der Waals surface area contributed by atoms with Crippen LogP contribution in [0.25, 0.3) is 0 Å². The third kappa shape index (κ3) is 3.03. The fourth-order valence-corrected chi connectivity index (χ4v) is 3.07. The highest BCUT2D eigenvalue weighted by Gasteiger charge is 2.31. The Morgan fingerprint density at radius 2 is 2.12 bits per heavy atom. The normalized spacial score (nSPS) is 17.2. The number of aromatic nitrogens is 3. The lowest BCUT2D eigenvalue weighted by molar-refractivity contribution is 0.0778. The van der Waals surface area contributed by atoms with E-state index in [0.717, 1.165) is 23.5 Å². The second-order valence-corrected chi connectivity index (χ2v) is 6.01. The van der Waals surface area contributed by atoms with E-state index in [1.54, 1.807) is 26.2 Å². The van der Waals surface area contributed by atoms with Crippen LogP contribution in [0.3, 0.4) is 0 Å². The smallest absolute Gasteiger partial charge is 0.293 e. The molecule has 0 aliphatic carbocycles. The first-order valence-corrected chi connectivity index (χ1v) is 7.99. The third-order valence-corrected chi connectivity index (χ3v) is 4.58. The Morgan fingerprint density at radius 3 is 2.75 bits per heavy atom. The van der Waals surface area contributed by atoms with Crippen molar-refractivity contribution in [1.29, 1.82) is 0 Å². The Morgan fingerprint density at radius 1 is 1.33 bits per heavy atom. The summed E-state index contributed by atoms with van der Waals surface area (Å²) in [6.07, 6.45) is 0.843. The van der Waals surface area contributed by atoms with E-state index in [-0.39, 0.29) is 22.9 Å². The maximum absolute atomic E-state index is 12.5. The van der Waals surface area contributed by atoms with Crippen LogP contribution >= 0.6 is 11.6 Å². The van der Waals surface area contributed by atoms with E-state index < -0.39 is 0 Å². The molecule has 8 heteroatoms. The van der Waals surface area contributed by atoms with Gasteiger partial charge in [0.1, 0.15) is 11.5 Å². The Kier molecular flexibility index (Phi) is 4.62. The van der Waals surface area contributed by atoms with Gasteiger partial charge < -0.3 is 14.4 Å². The van der Waals surface area contributed by atoms with Crippen molar-refractivity contribution in [2.75, 3.05) is 27.3 Å². The van der Waals surface area contributed by atoms with Crippen LogP contribution in [0.5, 0.6) is 11.5 Å². The van der Waals surface area contributed by atoms with Gasteiger partial charge in [0.15, 0.2) is 0 Å². The maximum Gasteiger partial charge on any atom is 0.293 e. The SMILES string of the molecule is COc1ccc(OC)c(C2CCN(C(=O)c3nc(Cl)n(C)n3)C2)c1. The second kappa shape index (κ2) is 6.68. The molecule has 1 aromatic carbocycles. The van der Waals surface area contributed by atoms with Crippen LogP contribution < -0.4 is 9.47 Å². The highest BCUT2D eigenvalue weighted by atomic mass is 35.5. The fourth-order valence-electron chi connectivity index (χ4n) is 2.95. The molecule has 0 spiro atoms. The number of carbonyl (C=O) groups is 1. The van der Waals surface area contributed by atoms with Crippen molar-refractivity contribution in [1.82, 2.24) is 19.7 Å². The molecule has 2 aromatic rings. The molecule has 0 N–H and O–H groups in total. The van der Waals surface area contributed by atoms with Gasteiger partial charge in [-0.2, -0.15) is 4.98 Å². The van der Waals surface area contributed by atoms with E-state index in [4.69, 9.17) is 21.1 Å². The zero-order chi connectivity index (χ0) is 17.3. The average Bonchev–Trinajstić information content (AvgIpc) is 3.21. The quantitative estimate of drug-likeness (QED) is 0.844. The van der Waals surface area contributed by atoms with Crippen molar-refractivity contribution in [2.24, 2.45) is 7.05 Å². The van der Waals surface area contributed by atoms with Crippen LogP contribution in [-0.4, -0.2) is 52.9 Å². The molecule has 1 atom stereocenters. The molecule has 0 bridgehead atoms. The van der Waals surface area contributed by atoms with Crippen LogP contribution in [0.15, 0.2) is 18.2 Å². The van der Waals surface area contributed by atoms with E-state index in [9.17, 15) is 4.79 Å². The van der Waals surface area contributed by atoms with Gasteiger partial charge in [-0.3, -0.25) is 4.79 Å². The first-order chi connectivity index (χ1) is 11.5. The molecule has 1 saturated heterocycles. The molecule has 1 fully saturated rings. The number of carbonyl (C=O) groups excluding carboxylic acids is 1. The van der Waals surface area contributed by atoms with Gasteiger partial charge in [0.25, 0.3) is 5.91 Å². The maximum atomic E-state index is 12.5. The number of rotatable bonds is 4. The predicted molar refractivity (Wildman–Crippen MR) is 88.8 cm³/mol. The minimum atomic E-state index is -0.207. The summed E-state index contributed by atoms with van der Waals surface area (Å²) < 4.78 is 12.1. The lowest BCUT2D eigenvalue weighted by atomic mass is 9.97. The van der Waals surface area contributed by atoms with Crippen LogP contribution in [0, 0.1) is 0 Å². The van der Waals surface area contributed by atoms with Crippen LogP contribution in [0.2, 0.25) is 5.28 Å². The summed E-state index contributed by atoms with van der Waals surface area (Å²) in [5, 5.41) is 4.25. The molecular formula is C16H19ClN4O3. The molecule has 2 heterocycles. The molecule has 0 saturated carbocycles. The number of nitrogens with zero attached hydrogens (tertiary/aromatic N) is 4. The Hall–Kier alpha value is -2.28. The van der Waals surface area contributed by atoms with Crippen molar-refractivity contribution in [3.8, 4) is 11.5 Å². The minimum absolute atomic E-state index is 0.126. The number of likely N-dealkylation sites (tertiary alicyclic amines) is 1. The van der Waals surface area contributed by atoms with Gasteiger partial charge in [0.2, 0.25) is 11.1 Å². The molecule has 1 aliphatic heterocycles. The summed E-state index contributed by atoms with van der Waals surface area (Å²) in [6.45, 7) is 1.22. The molecular weight excluding hydrogens is 332 g/mol. The molecule has 1 aromatic heterocycles. The van der Waals surface area contributed by atoms with Crippen LogP contribution in [-0.2, 0) is 7.05 Å². The highest BCUT2D eigenvalue weighted by molar-refractivity contribution is 6.28. The number of amides is 1. The molecule has 1 unspecified atom stereocenters. The fraction of sp³-hybridized carbons (Fsp3) is 0.438. The Labute approximate surface area is 145 Å². The zero-order valence-corrected chi connectivity index (χ0v) is 14.6. The summed E-state index contributed by atoms with van der Waals surface area (Å²) >= 11 is 5.87. The summed E-state index contributed by atoms with van der Waals surface area (Å²) in [7, 11) is 4.93. The molecule has 3 rings (SSSR count). The van der Waals surface area contributed by atoms with Gasteiger partial charge in [0, 0.05) is 31.6 Å². The van der Waals surface area contributed by atoms with Gasteiger partial charge in [-0.25, -0.2) is 4.68 Å². The lowest BCUT2D eigenvalue weighted by Crippen LogP contribution is -2.29. The van der Waals surface area contributed by atoms with E-state index in [2.05, 4.69) is 10.1 Å². The number of ether oxygens (including phenoxy) is 2. The Balaban J connectivity index is 1.79.